The van der Waals surface area contributed by atoms with E-state index in [2.05, 4.69) is 28.1 Å². The molecular weight excluding hydrogens is 342 g/mol. The van der Waals surface area contributed by atoms with Gasteiger partial charge in [0.1, 0.15) is 0 Å². The third-order valence-electron chi connectivity index (χ3n) is 5.01. The van der Waals surface area contributed by atoms with E-state index in [1.807, 2.05) is 0 Å². The van der Waals surface area contributed by atoms with Crippen LogP contribution in [0.2, 0.25) is 0 Å². The molecule has 2 nitrogen and oxygen atoms in total. The second kappa shape index (κ2) is 21.5. The Balaban J connectivity index is 0. The monoisotopic (exact) mass is 391 g/mol. The molecule has 0 rings (SSSR count). The van der Waals surface area contributed by atoms with Gasteiger partial charge >= 0.3 is 0 Å². The van der Waals surface area contributed by atoms with Crippen LogP contribution < -0.4 is 12.4 Å². The number of nitrogens with zero attached hydrogens (tertiary/aromatic N) is 1. The predicted molar refractivity (Wildman–Crippen MR) is 113 cm³/mol. The van der Waals surface area contributed by atoms with Crippen LogP contribution in [0.4, 0.5) is 0 Å². The van der Waals surface area contributed by atoms with E-state index in [-0.39, 0.29) is 12.4 Å². The second-order valence-electron chi connectivity index (χ2n) is 8.93. The van der Waals surface area contributed by atoms with E-state index in [9.17, 15) is 0 Å². The number of rotatable bonds is 20. The number of quaternary nitrogens is 1. The van der Waals surface area contributed by atoms with Gasteiger partial charge in [0.25, 0.3) is 0 Å². The third-order valence-corrected chi connectivity index (χ3v) is 5.01. The van der Waals surface area contributed by atoms with Crippen LogP contribution in [0.25, 0.3) is 0 Å². The molecule has 0 saturated carbocycles. The zero-order valence-electron chi connectivity index (χ0n) is 18.7. The smallest absolute Gasteiger partial charge is 0.0781 e. The molecule has 0 unspecified atom stereocenters. The fourth-order valence-electron chi connectivity index (χ4n) is 3.29. The first kappa shape index (κ1) is 28.4. The molecule has 0 heterocycles. The Labute approximate surface area is 172 Å². The largest absolute Gasteiger partial charge is 1.00 e. The van der Waals surface area contributed by atoms with E-state index in [4.69, 9.17) is 4.74 Å². The molecule has 0 radical (unpaired) electrons. The van der Waals surface area contributed by atoms with Gasteiger partial charge in [-0.25, -0.2) is 0 Å². The molecule has 0 saturated heterocycles. The second-order valence-corrected chi connectivity index (χ2v) is 8.93. The fraction of sp³-hybridized carbons (Fsp3) is 1.00. The molecule has 0 bridgehead atoms. The summed E-state index contributed by atoms with van der Waals surface area (Å²) >= 11 is 0. The minimum absolute atomic E-state index is 0. The van der Waals surface area contributed by atoms with Crippen molar-refractivity contribution >= 4 is 0 Å². The summed E-state index contributed by atoms with van der Waals surface area (Å²) in [6, 6.07) is 0. The SMILES string of the molecule is CCCCCCCCCCCCCCCCOCCCC[N+](C)(C)C.[Cl-]. The maximum Gasteiger partial charge on any atom is 0.0781 e. The van der Waals surface area contributed by atoms with E-state index < -0.39 is 0 Å². The number of hydrogen-bond donors (Lipinski definition) is 0. The first-order valence-electron chi connectivity index (χ1n) is 11.4. The highest BCUT2D eigenvalue weighted by atomic mass is 35.5. The van der Waals surface area contributed by atoms with Crippen molar-refractivity contribution in [2.45, 2.75) is 110 Å². The zero-order chi connectivity index (χ0) is 18.6. The van der Waals surface area contributed by atoms with Gasteiger partial charge in [0, 0.05) is 13.2 Å². The lowest BCUT2D eigenvalue weighted by Crippen LogP contribution is -3.00. The summed E-state index contributed by atoms with van der Waals surface area (Å²) in [7, 11) is 6.78. The summed E-state index contributed by atoms with van der Waals surface area (Å²) in [6.45, 7) is 5.48. The number of halogens is 1. The minimum Gasteiger partial charge on any atom is -1.00 e. The summed E-state index contributed by atoms with van der Waals surface area (Å²) in [5.74, 6) is 0. The van der Waals surface area contributed by atoms with Gasteiger partial charge in [0.15, 0.2) is 0 Å². The molecule has 0 amide bonds. The molecule has 0 atom stereocenters. The number of ether oxygens (including phenoxy) is 1. The van der Waals surface area contributed by atoms with E-state index in [1.165, 1.54) is 109 Å². The maximum absolute atomic E-state index is 5.75. The van der Waals surface area contributed by atoms with Crippen molar-refractivity contribution in [1.82, 2.24) is 0 Å². The van der Waals surface area contributed by atoms with Crippen molar-refractivity contribution in [3.8, 4) is 0 Å². The Hall–Kier alpha value is 0.210. The van der Waals surface area contributed by atoms with Crippen LogP contribution in [0, 0.1) is 0 Å². The van der Waals surface area contributed by atoms with Crippen molar-refractivity contribution < 1.29 is 21.6 Å². The Morgan fingerprint density at radius 1 is 0.500 bits per heavy atom. The summed E-state index contributed by atoms with van der Waals surface area (Å²) in [4.78, 5) is 0. The quantitative estimate of drug-likeness (QED) is 0.225. The van der Waals surface area contributed by atoms with Gasteiger partial charge in [0.2, 0.25) is 0 Å². The predicted octanol–water partition coefficient (Wildman–Crippen LogP) is 3.97. The normalized spacial score (nSPS) is 11.5. The molecule has 0 aromatic heterocycles. The summed E-state index contributed by atoms with van der Waals surface area (Å²) in [5.41, 5.74) is 0. The lowest BCUT2D eigenvalue weighted by atomic mass is 10.0. The zero-order valence-corrected chi connectivity index (χ0v) is 19.4. The van der Waals surface area contributed by atoms with E-state index >= 15 is 0 Å². The van der Waals surface area contributed by atoms with Crippen LogP contribution in [-0.4, -0.2) is 45.4 Å². The standard InChI is InChI=1S/C23H50NO.ClH/c1-5-6-7-8-9-10-11-12-13-14-15-16-17-19-22-25-23-20-18-21-24(2,3)4;/h5-23H2,1-4H3;1H/q+1;/p-1. The van der Waals surface area contributed by atoms with Crippen molar-refractivity contribution in [2.24, 2.45) is 0 Å². The summed E-state index contributed by atoms with van der Waals surface area (Å²) in [5, 5.41) is 0. The summed E-state index contributed by atoms with van der Waals surface area (Å²) in [6.07, 6.45) is 22.4. The van der Waals surface area contributed by atoms with Crippen LogP contribution in [0.15, 0.2) is 0 Å². The molecule has 0 aliphatic rings. The van der Waals surface area contributed by atoms with Crippen molar-refractivity contribution in [1.29, 1.82) is 0 Å². The third kappa shape index (κ3) is 26.4. The lowest BCUT2D eigenvalue weighted by molar-refractivity contribution is -0.870. The average molecular weight is 392 g/mol. The topological polar surface area (TPSA) is 9.23 Å². The highest BCUT2D eigenvalue weighted by Crippen LogP contribution is 2.13. The fourth-order valence-corrected chi connectivity index (χ4v) is 3.29. The Morgan fingerprint density at radius 3 is 1.23 bits per heavy atom. The van der Waals surface area contributed by atoms with Gasteiger partial charge < -0.3 is 21.6 Å². The van der Waals surface area contributed by atoms with Crippen molar-refractivity contribution in [3.05, 3.63) is 0 Å². The first-order chi connectivity index (χ1) is 12.1. The van der Waals surface area contributed by atoms with Gasteiger partial charge in [-0.15, -0.1) is 0 Å². The molecular formula is C23H50ClNO. The summed E-state index contributed by atoms with van der Waals surface area (Å²) < 4.78 is 6.82. The molecule has 0 spiro atoms. The minimum atomic E-state index is 0. The van der Waals surface area contributed by atoms with Crippen LogP contribution >= 0.6 is 0 Å². The maximum atomic E-state index is 5.75. The molecule has 0 aliphatic heterocycles. The highest BCUT2D eigenvalue weighted by Gasteiger charge is 2.05. The van der Waals surface area contributed by atoms with Gasteiger partial charge in [-0.05, 0) is 19.3 Å². The number of unbranched alkanes of at least 4 members (excludes halogenated alkanes) is 14. The van der Waals surface area contributed by atoms with Crippen molar-refractivity contribution in [3.63, 3.8) is 0 Å². The molecule has 0 N–H and O–H groups in total. The molecule has 0 fully saturated rings. The van der Waals surface area contributed by atoms with E-state index in [1.54, 1.807) is 0 Å². The van der Waals surface area contributed by atoms with Crippen LogP contribution in [0.5, 0.6) is 0 Å². The van der Waals surface area contributed by atoms with Gasteiger partial charge in [-0.3, -0.25) is 0 Å². The van der Waals surface area contributed by atoms with Crippen LogP contribution in [0.3, 0.4) is 0 Å². The Kier molecular flexibility index (Phi) is 23.5. The number of hydrogen-bond acceptors (Lipinski definition) is 1. The van der Waals surface area contributed by atoms with Gasteiger partial charge in [-0.2, -0.15) is 0 Å². The molecule has 0 aliphatic carbocycles. The van der Waals surface area contributed by atoms with Crippen LogP contribution in [-0.2, 0) is 4.74 Å². The first-order valence-corrected chi connectivity index (χ1v) is 11.4. The molecule has 0 aromatic carbocycles. The molecule has 160 valence electrons. The van der Waals surface area contributed by atoms with Gasteiger partial charge in [0.05, 0.1) is 27.7 Å². The average Bonchev–Trinajstić information content (AvgIpc) is 2.56. The molecule has 0 aromatic rings. The Morgan fingerprint density at radius 2 is 0.846 bits per heavy atom. The van der Waals surface area contributed by atoms with E-state index in [0.717, 1.165) is 17.7 Å². The Bertz CT molecular complexity index is 253. The molecule has 26 heavy (non-hydrogen) atoms. The van der Waals surface area contributed by atoms with Crippen LogP contribution in [0.1, 0.15) is 110 Å². The molecule has 3 heteroatoms. The van der Waals surface area contributed by atoms with Crippen molar-refractivity contribution in [2.75, 3.05) is 40.9 Å². The van der Waals surface area contributed by atoms with Gasteiger partial charge in [-0.1, -0.05) is 90.4 Å². The van der Waals surface area contributed by atoms with E-state index in [0.29, 0.717) is 0 Å². The lowest BCUT2D eigenvalue weighted by Gasteiger charge is -2.23. The highest BCUT2D eigenvalue weighted by molar-refractivity contribution is 4.49.